The molecule has 3 aromatic carbocycles. The molecular weight excluding hydrogens is 396 g/mol. The van der Waals surface area contributed by atoms with Crippen LogP contribution in [0, 0.1) is 12.3 Å². The van der Waals surface area contributed by atoms with E-state index in [0.29, 0.717) is 11.5 Å². The van der Waals surface area contributed by atoms with E-state index in [1.807, 2.05) is 30.3 Å². The van der Waals surface area contributed by atoms with E-state index in [2.05, 4.69) is 5.92 Å². The predicted molar refractivity (Wildman–Crippen MR) is 120 cm³/mol. The maximum absolute atomic E-state index is 10.7. The molecule has 0 amide bonds. The van der Waals surface area contributed by atoms with E-state index < -0.39 is 5.97 Å². The summed E-state index contributed by atoms with van der Waals surface area (Å²) in [4.78, 5) is 11.6. The Balaban J connectivity index is 1.80. The van der Waals surface area contributed by atoms with Crippen LogP contribution in [0.5, 0.6) is 17.2 Å². The van der Waals surface area contributed by atoms with Crippen molar-refractivity contribution in [2.45, 2.75) is 0 Å². The molecule has 0 aliphatic carbocycles. The van der Waals surface area contributed by atoms with Crippen LogP contribution < -0.4 is 4.74 Å². The van der Waals surface area contributed by atoms with Crippen molar-refractivity contribution < 1.29 is 19.7 Å². The summed E-state index contributed by atoms with van der Waals surface area (Å²) in [5.41, 5.74) is 2.40. The van der Waals surface area contributed by atoms with E-state index in [0.717, 1.165) is 37.7 Å². The zero-order valence-corrected chi connectivity index (χ0v) is 16.5. The molecule has 0 aliphatic heterocycles. The molecule has 0 bridgehead atoms. The first-order valence-electron chi connectivity index (χ1n) is 9.05. The Bertz CT molecular complexity index is 1310. The first kappa shape index (κ1) is 19.3. The van der Waals surface area contributed by atoms with E-state index in [1.54, 1.807) is 36.4 Å². The molecule has 4 nitrogen and oxygen atoms in total. The second-order valence-electron chi connectivity index (χ2n) is 6.47. The van der Waals surface area contributed by atoms with E-state index in [1.165, 1.54) is 17.4 Å². The molecule has 1 aromatic heterocycles. The molecule has 0 saturated heterocycles. The number of terminal acetylenes is 1. The lowest BCUT2D eigenvalue weighted by Crippen LogP contribution is -1.88. The summed E-state index contributed by atoms with van der Waals surface area (Å²) in [6.45, 7) is 0. The van der Waals surface area contributed by atoms with Crippen LogP contribution >= 0.6 is 11.3 Å². The minimum atomic E-state index is -1.000. The lowest BCUT2D eigenvalue weighted by molar-refractivity contribution is -0.131. The SMILES string of the molecule is C#Cc1ccccc1-c1sc2cc(O)ccc2c1Oc1ccc(/C=C/C(=O)O)cc1. The molecule has 0 radical (unpaired) electrons. The highest BCUT2D eigenvalue weighted by Gasteiger charge is 2.18. The molecule has 0 spiro atoms. The fourth-order valence-corrected chi connectivity index (χ4v) is 4.28. The third-order valence-corrected chi connectivity index (χ3v) is 5.64. The van der Waals surface area contributed by atoms with Crippen LogP contribution in [0.3, 0.4) is 0 Å². The summed E-state index contributed by atoms with van der Waals surface area (Å²) in [6, 6.07) is 19.9. The number of benzene rings is 3. The minimum Gasteiger partial charge on any atom is -0.508 e. The number of phenols is 1. The van der Waals surface area contributed by atoms with Crippen LogP contribution in [0.2, 0.25) is 0 Å². The van der Waals surface area contributed by atoms with Crippen LogP contribution in [0.4, 0.5) is 0 Å². The van der Waals surface area contributed by atoms with E-state index >= 15 is 0 Å². The average Bonchev–Trinajstić information content (AvgIpc) is 3.10. The van der Waals surface area contributed by atoms with Gasteiger partial charge in [0.05, 0.1) is 4.88 Å². The number of carbonyl (C=O) groups is 1. The number of fused-ring (bicyclic) bond motifs is 1. The van der Waals surface area contributed by atoms with Crippen LogP contribution in [0.25, 0.3) is 26.6 Å². The summed E-state index contributed by atoms with van der Waals surface area (Å²) in [5.74, 6) is 3.16. The zero-order chi connectivity index (χ0) is 21.1. The van der Waals surface area contributed by atoms with Crippen molar-refractivity contribution in [1.82, 2.24) is 0 Å². The van der Waals surface area contributed by atoms with Gasteiger partial charge in [0, 0.05) is 27.3 Å². The van der Waals surface area contributed by atoms with Crippen molar-refractivity contribution in [3.05, 3.63) is 83.9 Å². The highest BCUT2D eigenvalue weighted by atomic mass is 32.1. The number of aliphatic carboxylic acids is 1. The normalized spacial score (nSPS) is 10.9. The Labute approximate surface area is 177 Å². The summed E-state index contributed by atoms with van der Waals surface area (Å²) in [6.07, 6.45) is 8.31. The van der Waals surface area contributed by atoms with Crippen LogP contribution in [0.1, 0.15) is 11.1 Å². The Morgan fingerprint density at radius 3 is 2.57 bits per heavy atom. The average molecular weight is 412 g/mol. The number of hydrogen-bond acceptors (Lipinski definition) is 4. The van der Waals surface area contributed by atoms with E-state index in [-0.39, 0.29) is 5.75 Å². The second-order valence-corrected chi connectivity index (χ2v) is 7.53. The van der Waals surface area contributed by atoms with Crippen molar-refractivity contribution in [2.24, 2.45) is 0 Å². The molecule has 0 fully saturated rings. The van der Waals surface area contributed by atoms with E-state index in [4.69, 9.17) is 16.3 Å². The summed E-state index contributed by atoms with van der Waals surface area (Å²) in [5, 5.41) is 19.5. The van der Waals surface area contributed by atoms with Gasteiger partial charge in [-0.2, -0.15) is 0 Å². The first-order chi connectivity index (χ1) is 14.5. The predicted octanol–water partition coefficient (Wildman–Crippen LogP) is 6.15. The number of aromatic hydroxyl groups is 1. The fraction of sp³-hybridized carbons (Fsp3) is 0. The number of ether oxygens (including phenoxy) is 1. The monoisotopic (exact) mass is 412 g/mol. The van der Waals surface area contributed by atoms with Gasteiger partial charge in [-0.15, -0.1) is 17.8 Å². The Hall–Kier alpha value is -4.01. The van der Waals surface area contributed by atoms with Gasteiger partial charge in [-0.3, -0.25) is 0 Å². The number of carboxylic acid groups (broad SMARTS) is 1. The van der Waals surface area contributed by atoms with Gasteiger partial charge in [-0.1, -0.05) is 36.3 Å². The van der Waals surface area contributed by atoms with E-state index in [9.17, 15) is 9.90 Å². The quantitative estimate of drug-likeness (QED) is 0.305. The van der Waals surface area contributed by atoms with Crippen molar-refractivity contribution >= 4 is 33.5 Å². The molecule has 30 heavy (non-hydrogen) atoms. The second kappa shape index (κ2) is 8.16. The molecular formula is C25H16O4S. The van der Waals surface area contributed by atoms with Crippen molar-refractivity contribution in [2.75, 3.05) is 0 Å². The van der Waals surface area contributed by atoms with Gasteiger partial charge in [-0.25, -0.2) is 4.79 Å². The molecule has 1 heterocycles. The number of carboxylic acids is 1. The van der Waals surface area contributed by atoms with Gasteiger partial charge >= 0.3 is 5.97 Å². The van der Waals surface area contributed by atoms with Crippen LogP contribution in [-0.2, 0) is 4.79 Å². The van der Waals surface area contributed by atoms with Gasteiger partial charge in [0.1, 0.15) is 11.5 Å². The molecule has 0 aliphatic rings. The van der Waals surface area contributed by atoms with Crippen molar-refractivity contribution in [3.63, 3.8) is 0 Å². The summed E-state index contributed by atoms with van der Waals surface area (Å²) < 4.78 is 7.14. The maximum Gasteiger partial charge on any atom is 0.328 e. The molecule has 4 rings (SSSR count). The highest BCUT2D eigenvalue weighted by molar-refractivity contribution is 7.22. The third-order valence-electron chi connectivity index (χ3n) is 4.47. The van der Waals surface area contributed by atoms with Gasteiger partial charge < -0.3 is 14.9 Å². The van der Waals surface area contributed by atoms with Crippen LogP contribution in [-0.4, -0.2) is 16.2 Å². The maximum atomic E-state index is 10.7. The number of rotatable bonds is 5. The molecule has 0 unspecified atom stereocenters. The lowest BCUT2D eigenvalue weighted by atomic mass is 10.1. The smallest absolute Gasteiger partial charge is 0.328 e. The lowest BCUT2D eigenvalue weighted by Gasteiger charge is -2.10. The Morgan fingerprint density at radius 2 is 1.83 bits per heavy atom. The van der Waals surface area contributed by atoms with Crippen LogP contribution in [0.15, 0.2) is 72.8 Å². The van der Waals surface area contributed by atoms with Crippen molar-refractivity contribution in [1.29, 1.82) is 0 Å². The fourth-order valence-electron chi connectivity index (χ4n) is 3.08. The van der Waals surface area contributed by atoms with Gasteiger partial charge in [0.25, 0.3) is 0 Å². The van der Waals surface area contributed by atoms with Gasteiger partial charge in [-0.05, 0) is 48.0 Å². The Kier molecular flexibility index (Phi) is 5.25. The Morgan fingerprint density at radius 1 is 1.07 bits per heavy atom. The number of phenolic OH excluding ortho intramolecular Hbond substituents is 1. The molecule has 0 saturated carbocycles. The first-order valence-corrected chi connectivity index (χ1v) is 9.87. The third kappa shape index (κ3) is 3.90. The topological polar surface area (TPSA) is 66.8 Å². The minimum absolute atomic E-state index is 0.182. The summed E-state index contributed by atoms with van der Waals surface area (Å²) >= 11 is 1.50. The van der Waals surface area contributed by atoms with Crippen molar-refractivity contribution in [3.8, 4) is 40.0 Å². The van der Waals surface area contributed by atoms with Gasteiger partial charge in [0.2, 0.25) is 0 Å². The molecule has 2 N–H and O–H groups in total. The number of hydrogen-bond donors (Lipinski definition) is 2. The molecule has 5 heteroatoms. The summed E-state index contributed by atoms with van der Waals surface area (Å²) in [7, 11) is 0. The standard InChI is InChI=1S/C25H16O4S/c1-2-17-5-3-4-6-20(17)25-24(21-13-10-18(26)15-22(21)30-25)29-19-11-7-16(8-12-19)9-14-23(27)28/h1,3-15,26H,(H,27,28)/b14-9+. The largest absolute Gasteiger partial charge is 0.508 e. The van der Waals surface area contributed by atoms with Gasteiger partial charge in [0.15, 0.2) is 5.75 Å². The molecule has 0 atom stereocenters. The molecule has 146 valence electrons. The number of thiophene rings is 1. The zero-order valence-electron chi connectivity index (χ0n) is 15.7. The molecule has 4 aromatic rings. The highest BCUT2D eigenvalue weighted by Crippen LogP contribution is 2.47.